The molecule has 0 radical (unpaired) electrons. The lowest BCUT2D eigenvalue weighted by Crippen LogP contribution is -2.61. The molecule has 2 heterocycles. The van der Waals surface area contributed by atoms with Crippen molar-refractivity contribution >= 4 is 11.9 Å². The minimum atomic E-state index is -1.12. The fourth-order valence-electron chi connectivity index (χ4n) is 2.41. The normalized spacial score (nSPS) is 23.0. The van der Waals surface area contributed by atoms with Gasteiger partial charge >= 0.3 is 5.97 Å². The molecule has 0 unspecified atom stereocenters. The summed E-state index contributed by atoms with van der Waals surface area (Å²) in [5, 5.41) is 0. The van der Waals surface area contributed by atoms with Gasteiger partial charge in [0.25, 0.3) is 0 Å². The first-order valence-corrected chi connectivity index (χ1v) is 6.13. The third kappa shape index (κ3) is 2.10. The van der Waals surface area contributed by atoms with E-state index < -0.39 is 11.4 Å². The monoisotopic (exact) mass is 257 g/mol. The molecule has 102 valence electrons. The Bertz CT molecular complexity index is 333. The first-order chi connectivity index (χ1) is 8.62. The summed E-state index contributed by atoms with van der Waals surface area (Å²) in [4.78, 5) is 25.9. The smallest absolute Gasteiger partial charge is 0.326 e. The van der Waals surface area contributed by atoms with Gasteiger partial charge in [0.15, 0.2) is 5.41 Å². The number of carbonyl (C=O) groups excluding carboxylic acids is 2. The van der Waals surface area contributed by atoms with Crippen LogP contribution in [0.2, 0.25) is 0 Å². The van der Waals surface area contributed by atoms with Gasteiger partial charge in [0.05, 0.1) is 20.3 Å². The molecule has 2 rings (SSSR count). The molecule has 0 bridgehead atoms. The fraction of sp³-hybridized carbons (Fsp3) is 0.833. The zero-order valence-corrected chi connectivity index (χ0v) is 10.8. The number of nitrogens with zero attached hydrogens (tertiary/aromatic N) is 1. The van der Waals surface area contributed by atoms with Crippen LogP contribution in [0.25, 0.3) is 0 Å². The Morgan fingerprint density at radius 1 is 1.22 bits per heavy atom. The van der Waals surface area contributed by atoms with Gasteiger partial charge in [-0.2, -0.15) is 0 Å². The van der Waals surface area contributed by atoms with Gasteiger partial charge in [-0.15, -0.1) is 0 Å². The van der Waals surface area contributed by atoms with Crippen LogP contribution >= 0.6 is 0 Å². The molecule has 0 N–H and O–H groups in total. The van der Waals surface area contributed by atoms with E-state index in [-0.39, 0.29) is 25.2 Å². The third-order valence-corrected chi connectivity index (χ3v) is 3.74. The predicted octanol–water partition coefficient (Wildman–Crippen LogP) is -0.187. The van der Waals surface area contributed by atoms with Crippen LogP contribution in [0, 0.1) is 5.41 Å². The summed E-state index contributed by atoms with van der Waals surface area (Å²) in [5.41, 5.74) is -1.12. The number of ether oxygens (including phenoxy) is 3. The summed E-state index contributed by atoms with van der Waals surface area (Å²) in [6.45, 7) is 1.55. The highest BCUT2D eigenvalue weighted by Crippen LogP contribution is 2.32. The van der Waals surface area contributed by atoms with Gasteiger partial charge in [0, 0.05) is 26.3 Å². The average Bonchev–Trinajstić information content (AvgIpc) is 2.37. The highest BCUT2D eigenvalue weighted by atomic mass is 16.5. The number of rotatable bonds is 3. The van der Waals surface area contributed by atoms with Gasteiger partial charge in [-0.25, -0.2) is 0 Å². The molecule has 0 aliphatic carbocycles. The van der Waals surface area contributed by atoms with Gasteiger partial charge in [-0.05, 0) is 12.8 Å². The quantitative estimate of drug-likeness (QED) is 0.518. The van der Waals surface area contributed by atoms with Gasteiger partial charge in [0.1, 0.15) is 0 Å². The van der Waals surface area contributed by atoms with E-state index in [1.165, 1.54) is 7.11 Å². The maximum absolute atomic E-state index is 12.5. The predicted molar refractivity (Wildman–Crippen MR) is 61.9 cm³/mol. The molecule has 2 aliphatic rings. The lowest BCUT2D eigenvalue weighted by Gasteiger charge is -2.42. The minimum absolute atomic E-state index is 0.117. The summed E-state index contributed by atoms with van der Waals surface area (Å²) >= 11 is 0. The SMILES string of the molecule is COC(=O)C1(C(=O)N(C)C2CCOCC2)COC1. The topological polar surface area (TPSA) is 65.1 Å². The van der Waals surface area contributed by atoms with Crippen molar-refractivity contribution < 1.29 is 23.8 Å². The Morgan fingerprint density at radius 3 is 2.28 bits per heavy atom. The Balaban J connectivity index is 2.06. The van der Waals surface area contributed by atoms with E-state index in [4.69, 9.17) is 14.2 Å². The highest BCUT2D eigenvalue weighted by molar-refractivity contribution is 6.03. The molecule has 0 atom stereocenters. The molecule has 1 amide bonds. The molecular formula is C12H19NO5. The van der Waals surface area contributed by atoms with E-state index in [9.17, 15) is 9.59 Å². The zero-order valence-electron chi connectivity index (χ0n) is 10.8. The molecule has 0 spiro atoms. The molecular weight excluding hydrogens is 238 g/mol. The van der Waals surface area contributed by atoms with Gasteiger partial charge in [0.2, 0.25) is 5.91 Å². The molecule has 0 aromatic heterocycles. The van der Waals surface area contributed by atoms with E-state index in [0.717, 1.165) is 12.8 Å². The standard InChI is InChI=1S/C12H19NO5/c1-13(9-3-5-17-6-4-9)10(14)12(7-18-8-12)11(15)16-2/h9H,3-8H2,1-2H3. The van der Waals surface area contributed by atoms with Crippen molar-refractivity contribution in [3.63, 3.8) is 0 Å². The zero-order chi connectivity index (χ0) is 13.2. The van der Waals surface area contributed by atoms with Crippen LogP contribution < -0.4 is 0 Å². The van der Waals surface area contributed by atoms with Crippen LogP contribution in [0.15, 0.2) is 0 Å². The summed E-state index contributed by atoms with van der Waals surface area (Å²) in [7, 11) is 3.03. The van der Waals surface area contributed by atoms with Gasteiger partial charge < -0.3 is 19.1 Å². The third-order valence-electron chi connectivity index (χ3n) is 3.74. The van der Waals surface area contributed by atoms with Gasteiger partial charge in [-0.1, -0.05) is 0 Å². The van der Waals surface area contributed by atoms with Gasteiger partial charge in [-0.3, -0.25) is 9.59 Å². The van der Waals surface area contributed by atoms with E-state index in [1.54, 1.807) is 11.9 Å². The first-order valence-electron chi connectivity index (χ1n) is 6.13. The first kappa shape index (κ1) is 13.3. The van der Waals surface area contributed by atoms with E-state index in [2.05, 4.69) is 0 Å². The number of amides is 1. The minimum Gasteiger partial charge on any atom is -0.468 e. The number of hydrogen-bond donors (Lipinski definition) is 0. The second-order valence-electron chi connectivity index (χ2n) is 4.83. The van der Waals surface area contributed by atoms with Crippen molar-refractivity contribution in [2.75, 3.05) is 40.6 Å². The van der Waals surface area contributed by atoms with Crippen molar-refractivity contribution in [3.05, 3.63) is 0 Å². The number of esters is 1. The molecule has 2 saturated heterocycles. The highest BCUT2D eigenvalue weighted by Gasteiger charge is 2.55. The molecule has 6 heteroatoms. The Morgan fingerprint density at radius 2 is 1.83 bits per heavy atom. The largest absolute Gasteiger partial charge is 0.468 e. The van der Waals surface area contributed by atoms with E-state index in [1.807, 2.05) is 0 Å². The van der Waals surface area contributed by atoms with Crippen molar-refractivity contribution in [3.8, 4) is 0 Å². The summed E-state index contributed by atoms with van der Waals surface area (Å²) in [6.07, 6.45) is 1.61. The molecule has 18 heavy (non-hydrogen) atoms. The van der Waals surface area contributed by atoms with Crippen molar-refractivity contribution in [1.82, 2.24) is 4.90 Å². The molecule has 0 aromatic carbocycles. The van der Waals surface area contributed by atoms with Crippen LogP contribution in [0.3, 0.4) is 0 Å². The summed E-state index contributed by atoms with van der Waals surface area (Å²) in [5.74, 6) is -0.704. The lowest BCUT2D eigenvalue weighted by atomic mass is 9.83. The molecule has 0 saturated carbocycles. The second kappa shape index (κ2) is 5.24. The summed E-state index contributed by atoms with van der Waals surface area (Å²) < 4.78 is 15.0. The molecule has 0 aromatic rings. The van der Waals surface area contributed by atoms with Crippen LogP contribution in [-0.4, -0.2) is 63.4 Å². The molecule has 2 fully saturated rings. The Labute approximate surface area is 106 Å². The van der Waals surface area contributed by atoms with Crippen LogP contribution in [0.5, 0.6) is 0 Å². The average molecular weight is 257 g/mol. The molecule has 2 aliphatic heterocycles. The van der Waals surface area contributed by atoms with E-state index in [0.29, 0.717) is 13.2 Å². The van der Waals surface area contributed by atoms with Crippen LogP contribution in [0.1, 0.15) is 12.8 Å². The number of hydrogen-bond acceptors (Lipinski definition) is 5. The van der Waals surface area contributed by atoms with Crippen molar-refractivity contribution in [2.45, 2.75) is 18.9 Å². The van der Waals surface area contributed by atoms with Crippen LogP contribution in [0.4, 0.5) is 0 Å². The fourth-order valence-corrected chi connectivity index (χ4v) is 2.41. The van der Waals surface area contributed by atoms with Crippen molar-refractivity contribution in [1.29, 1.82) is 0 Å². The van der Waals surface area contributed by atoms with Crippen molar-refractivity contribution in [2.24, 2.45) is 5.41 Å². The summed E-state index contributed by atoms with van der Waals surface area (Å²) in [6, 6.07) is 0.133. The molecule has 6 nitrogen and oxygen atoms in total. The maximum Gasteiger partial charge on any atom is 0.326 e. The Kier molecular flexibility index (Phi) is 3.87. The van der Waals surface area contributed by atoms with E-state index >= 15 is 0 Å². The number of carbonyl (C=O) groups is 2. The lowest BCUT2D eigenvalue weighted by molar-refractivity contribution is -0.194. The Hall–Kier alpha value is -1.14. The van der Waals surface area contributed by atoms with Crippen LogP contribution in [-0.2, 0) is 23.8 Å². The number of methoxy groups -OCH3 is 1. The second-order valence-corrected chi connectivity index (χ2v) is 4.83. The maximum atomic E-state index is 12.5.